The summed E-state index contributed by atoms with van der Waals surface area (Å²) in [4.78, 5) is 0. The summed E-state index contributed by atoms with van der Waals surface area (Å²) in [6, 6.07) is 20.1. The zero-order valence-corrected chi connectivity index (χ0v) is 22.1. The predicted molar refractivity (Wildman–Crippen MR) is 146 cm³/mol. The van der Waals surface area contributed by atoms with Crippen molar-refractivity contribution in [3.05, 3.63) is 71.3 Å². The fraction of sp³-hybridized carbons (Fsp3) is 0.323. The highest BCUT2D eigenvalue weighted by Crippen LogP contribution is 2.25. The molecule has 9 heteroatoms. The molecule has 0 bridgehead atoms. The van der Waals surface area contributed by atoms with Crippen LogP contribution in [0.3, 0.4) is 0 Å². The molecule has 3 rings (SSSR count). The van der Waals surface area contributed by atoms with Crippen molar-refractivity contribution in [3.63, 3.8) is 0 Å². The molecule has 2 N–H and O–H groups in total. The van der Waals surface area contributed by atoms with E-state index in [1.807, 2.05) is 12.1 Å². The van der Waals surface area contributed by atoms with E-state index >= 15 is 0 Å². The number of nitriles is 3. The Morgan fingerprint density at radius 1 is 0.425 bits per heavy atom. The summed E-state index contributed by atoms with van der Waals surface area (Å²) in [6.07, 6.45) is 4.88. The number of nitrogens with zero attached hydrogens (tertiary/aromatic N) is 3. The van der Waals surface area contributed by atoms with Crippen molar-refractivity contribution in [3.8, 4) is 52.7 Å². The molecule has 0 aromatic heterocycles. The normalized spacial score (nSPS) is 10.1. The van der Waals surface area contributed by atoms with E-state index < -0.39 is 0 Å². The molecule has 3 aromatic carbocycles. The van der Waals surface area contributed by atoms with Crippen LogP contribution in [0.4, 0.5) is 0 Å². The van der Waals surface area contributed by atoms with Gasteiger partial charge in [-0.3, -0.25) is 0 Å². The molecule has 40 heavy (non-hydrogen) atoms. The summed E-state index contributed by atoms with van der Waals surface area (Å²) < 4.78 is 22.9. The molecule has 0 amide bonds. The third kappa shape index (κ3) is 10.4. The maximum absolute atomic E-state index is 9.62. The van der Waals surface area contributed by atoms with Gasteiger partial charge in [-0.1, -0.05) is 0 Å². The number of unbranched alkanes of at least 4 members (excludes halogenated alkanes) is 4. The Bertz CT molecular complexity index is 1290. The van der Waals surface area contributed by atoms with Crippen LogP contribution < -0.4 is 18.9 Å². The summed E-state index contributed by atoms with van der Waals surface area (Å²) in [7, 11) is 0. The lowest BCUT2D eigenvalue weighted by molar-refractivity contribution is 0.271. The third-order valence-corrected chi connectivity index (χ3v) is 5.70. The lowest BCUT2D eigenvalue weighted by atomic mass is 10.2. The molecule has 9 nitrogen and oxygen atoms in total. The molecule has 0 aliphatic heterocycles. The molecule has 0 atom stereocenters. The molecule has 0 spiro atoms. The number of hydrogen-bond donors (Lipinski definition) is 2. The van der Waals surface area contributed by atoms with Crippen LogP contribution in [0, 0.1) is 34.0 Å². The topological polar surface area (TPSA) is 149 Å². The van der Waals surface area contributed by atoms with E-state index in [1.165, 1.54) is 24.3 Å². The summed E-state index contributed by atoms with van der Waals surface area (Å²) in [6.45, 7) is 1.88. The average molecular weight is 542 g/mol. The quantitative estimate of drug-likeness (QED) is 0.209. The monoisotopic (exact) mass is 541 g/mol. The number of ether oxygens (including phenoxy) is 4. The predicted octanol–water partition coefficient (Wildman–Crippen LogP) is 5.97. The van der Waals surface area contributed by atoms with Gasteiger partial charge in [-0.2, -0.15) is 15.8 Å². The Labute approximate surface area is 234 Å². The largest absolute Gasteiger partial charge is 0.508 e. The van der Waals surface area contributed by atoms with Crippen molar-refractivity contribution in [2.75, 3.05) is 26.4 Å². The Morgan fingerprint density at radius 2 is 0.725 bits per heavy atom. The molecule has 0 heterocycles. The smallest absolute Gasteiger partial charge is 0.124 e. The highest BCUT2D eigenvalue weighted by Gasteiger charge is 2.05. The average Bonchev–Trinajstić information content (AvgIpc) is 2.95. The molecule has 0 radical (unpaired) electrons. The molecule has 0 unspecified atom stereocenters. The van der Waals surface area contributed by atoms with Crippen molar-refractivity contribution in [1.82, 2.24) is 0 Å². The van der Waals surface area contributed by atoms with Gasteiger partial charge in [-0.25, -0.2) is 0 Å². The SMILES string of the molecule is N#Cc1cc(O)cc(OCCCCCOc2cc(C#N)cc(OCCCCCOc3cc(O)cc(C#N)c3)c2)c1. The van der Waals surface area contributed by atoms with E-state index in [1.54, 1.807) is 30.3 Å². The maximum atomic E-state index is 9.62. The maximum Gasteiger partial charge on any atom is 0.124 e. The van der Waals surface area contributed by atoms with Gasteiger partial charge in [0, 0.05) is 18.2 Å². The van der Waals surface area contributed by atoms with Crippen LogP contribution >= 0.6 is 0 Å². The number of benzene rings is 3. The third-order valence-electron chi connectivity index (χ3n) is 5.70. The van der Waals surface area contributed by atoms with Crippen LogP contribution in [0.15, 0.2) is 54.6 Å². The zero-order chi connectivity index (χ0) is 28.6. The minimum atomic E-state index is -0.00183. The standard InChI is InChI=1S/C31H31N3O6/c32-20-23-11-26(35)17-28(13-23)37-7-3-1-5-9-39-30-15-25(22-34)16-31(19-30)40-10-6-2-4-8-38-29-14-24(21-33)12-27(36)18-29/h11-19,35-36H,1-10H2. The molecule has 0 fully saturated rings. The number of hydrogen-bond acceptors (Lipinski definition) is 9. The van der Waals surface area contributed by atoms with Gasteiger partial charge in [-0.15, -0.1) is 0 Å². The first kappa shape index (κ1) is 29.5. The van der Waals surface area contributed by atoms with Gasteiger partial charge >= 0.3 is 0 Å². The van der Waals surface area contributed by atoms with Crippen LogP contribution in [0.2, 0.25) is 0 Å². The van der Waals surface area contributed by atoms with Gasteiger partial charge in [-0.05, 0) is 74.9 Å². The van der Waals surface area contributed by atoms with Crippen molar-refractivity contribution < 1.29 is 29.2 Å². The highest BCUT2D eigenvalue weighted by molar-refractivity contribution is 5.45. The van der Waals surface area contributed by atoms with Crippen LogP contribution in [-0.4, -0.2) is 36.6 Å². The van der Waals surface area contributed by atoms with Crippen LogP contribution in [0.1, 0.15) is 55.2 Å². The Balaban J connectivity index is 1.30. The molecule has 0 saturated carbocycles. The summed E-state index contributed by atoms with van der Waals surface area (Å²) in [5.74, 6) is 2.07. The number of rotatable bonds is 16. The van der Waals surface area contributed by atoms with E-state index in [9.17, 15) is 15.5 Å². The van der Waals surface area contributed by atoms with Crippen LogP contribution in [0.25, 0.3) is 0 Å². The van der Waals surface area contributed by atoms with E-state index in [4.69, 9.17) is 29.5 Å². The minimum Gasteiger partial charge on any atom is -0.508 e. The van der Waals surface area contributed by atoms with Gasteiger partial charge in [0.1, 0.15) is 34.5 Å². The Kier molecular flexibility index (Phi) is 11.8. The molecule has 206 valence electrons. The molecule has 3 aromatic rings. The lowest BCUT2D eigenvalue weighted by Crippen LogP contribution is -2.03. The number of aromatic hydroxyl groups is 2. The van der Waals surface area contributed by atoms with Gasteiger partial charge < -0.3 is 29.2 Å². The summed E-state index contributed by atoms with van der Waals surface area (Å²) >= 11 is 0. The fourth-order valence-corrected chi connectivity index (χ4v) is 3.79. The van der Waals surface area contributed by atoms with E-state index in [0.717, 1.165) is 38.5 Å². The van der Waals surface area contributed by atoms with Gasteiger partial charge in [0.05, 0.1) is 61.3 Å². The van der Waals surface area contributed by atoms with Crippen molar-refractivity contribution in [2.24, 2.45) is 0 Å². The second-order valence-corrected chi connectivity index (χ2v) is 8.97. The van der Waals surface area contributed by atoms with Crippen LogP contribution in [-0.2, 0) is 0 Å². The molecule has 0 saturated heterocycles. The van der Waals surface area contributed by atoms with Crippen molar-refractivity contribution in [2.45, 2.75) is 38.5 Å². The summed E-state index contributed by atoms with van der Waals surface area (Å²) in [5, 5.41) is 46.5. The first-order valence-electron chi connectivity index (χ1n) is 13.0. The number of phenols is 2. The van der Waals surface area contributed by atoms with E-state index in [2.05, 4.69) is 6.07 Å². The van der Waals surface area contributed by atoms with E-state index in [0.29, 0.717) is 66.1 Å². The molecular weight excluding hydrogens is 510 g/mol. The van der Waals surface area contributed by atoms with Crippen molar-refractivity contribution in [1.29, 1.82) is 15.8 Å². The van der Waals surface area contributed by atoms with Crippen molar-refractivity contribution >= 4 is 0 Å². The van der Waals surface area contributed by atoms with Gasteiger partial charge in [0.15, 0.2) is 0 Å². The number of phenolic OH excluding ortho intramolecular Hbond substituents is 2. The second-order valence-electron chi connectivity index (χ2n) is 8.97. The fourth-order valence-electron chi connectivity index (χ4n) is 3.79. The summed E-state index contributed by atoms with van der Waals surface area (Å²) in [5.41, 5.74) is 1.15. The van der Waals surface area contributed by atoms with Gasteiger partial charge in [0.2, 0.25) is 0 Å². The highest BCUT2D eigenvalue weighted by atomic mass is 16.5. The molecule has 0 aliphatic rings. The Hall–Kier alpha value is -5.07. The Morgan fingerprint density at radius 3 is 1.05 bits per heavy atom. The zero-order valence-electron chi connectivity index (χ0n) is 22.1. The first-order chi connectivity index (χ1) is 19.5. The molecular formula is C31H31N3O6. The van der Waals surface area contributed by atoms with E-state index in [-0.39, 0.29) is 11.5 Å². The lowest BCUT2D eigenvalue weighted by Gasteiger charge is -2.11. The van der Waals surface area contributed by atoms with Gasteiger partial charge in [0.25, 0.3) is 0 Å². The van der Waals surface area contributed by atoms with Crippen LogP contribution in [0.5, 0.6) is 34.5 Å². The first-order valence-corrected chi connectivity index (χ1v) is 13.0. The minimum absolute atomic E-state index is 0.00183. The molecule has 0 aliphatic carbocycles. The second kappa shape index (κ2) is 16.0.